The highest BCUT2D eigenvalue weighted by Crippen LogP contribution is 2.43. The predicted octanol–water partition coefficient (Wildman–Crippen LogP) is 2.60. The van der Waals surface area contributed by atoms with Crippen molar-refractivity contribution in [1.82, 2.24) is 0 Å². The fourth-order valence-corrected chi connectivity index (χ4v) is 2.99. The van der Waals surface area contributed by atoms with E-state index in [9.17, 15) is 0 Å². The van der Waals surface area contributed by atoms with E-state index < -0.39 is 0 Å². The molecule has 0 saturated heterocycles. The van der Waals surface area contributed by atoms with Crippen molar-refractivity contribution >= 4 is 5.69 Å². The summed E-state index contributed by atoms with van der Waals surface area (Å²) < 4.78 is 0. The van der Waals surface area contributed by atoms with Gasteiger partial charge in [0.1, 0.15) is 0 Å². The van der Waals surface area contributed by atoms with Crippen molar-refractivity contribution in [3.8, 4) is 0 Å². The Hall–Kier alpha value is -1.28. The molecule has 2 aliphatic carbocycles. The van der Waals surface area contributed by atoms with E-state index in [1.54, 1.807) is 0 Å². The minimum absolute atomic E-state index is 0.226. The molecule has 90 valence electrons. The zero-order valence-electron chi connectivity index (χ0n) is 9.97. The molecule has 1 fully saturated rings. The standard InChI is InChI=1S/C15H19NO/c17-9-8-11-4-6-13(7-5-11)16-15-10-12-2-1-3-14(12)15/h1,3-7,12,14-17H,2,8-10H2. The van der Waals surface area contributed by atoms with Crippen LogP contribution in [0.1, 0.15) is 18.4 Å². The summed E-state index contributed by atoms with van der Waals surface area (Å²) in [7, 11) is 0. The van der Waals surface area contributed by atoms with Crippen LogP contribution in [0.25, 0.3) is 0 Å². The SMILES string of the molecule is OCCc1ccc(NC2CC3CC=CC32)cc1. The number of benzene rings is 1. The minimum atomic E-state index is 0.226. The third-order valence-electron chi connectivity index (χ3n) is 4.07. The molecule has 3 atom stereocenters. The van der Waals surface area contributed by atoms with Gasteiger partial charge in [0, 0.05) is 24.3 Å². The molecule has 2 N–H and O–H groups in total. The van der Waals surface area contributed by atoms with Crippen molar-refractivity contribution < 1.29 is 5.11 Å². The van der Waals surface area contributed by atoms with Gasteiger partial charge in [-0.25, -0.2) is 0 Å². The van der Waals surface area contributed by atoms with Gasteiger partial charge in [-0.05, 0) is 42.9 Å². The average molecular weight is 229 g/mol. The molecule has 3 rings (SSSR count). The van der Waals surface area contributed by atoms with Crippen molar-refractivity contribution in [2.75, 3.05) is 11.9 Å². The topological polar surface area (TPSA) is 32.3 Å². The minimum Gasteiger partial charge on any atom is -0.396 e. The Kier molecular flexibility index (Phi) is 2.89. The van der Waals surface area contributed by atoms with Crippen LogP contribution < -0.4 is 5.32 Å². The van der Waals surface area contributed by atoms with Crippen LogP contribution in [0.3, 0.4) is 0 Å². The van der Waals surface area contributed by atoms with Gasteiger partial charge in [0.05, 0.1) is 0 Å². The zero-order chi connectivity index (χ0) is 11.7. The maximum atomic E-state index is 8.86. The first-order valence-electron chi connectivity index (χ1n) is 6.50. The van der Waals surface area contributed by atoms with Crippen LogP contribution in [-0.2, 0) is 6.42 Å². The number of rotatable bonds is 4. The first-order valence-corrected chi connectivity index (χ1v) is 6.50. The second-order valence-corrected chi connectivity index (χ2v) is 5.16. The van der Waals surface area contributed by atoms with Crippen LogP contribution in [0.2, 0.25) is 0 Å². The van der Waals surface area contributed by atoms with Gasteiger partial charge in [-0.1, -0.05) is 24.3 Å². The molecule has 2 heteroatoms. The van der Waals surface area contributed by atoms with Gasteiger partial charge in [-0.3, -0.25) is 0 Å². The molecule has 0 heterocycles. The molecule has 1 saturated carbocycles. The predicted molar refractivity (Wildman–Crippen MR) is 70.0 cm³/mol. The molecule has 0 amide bonds. The number of anilines is 1. The molecular weight excluding hydrogens is 210 g/mol. The lowest BCUT2D eigenvalue weighted by molar-refractivity contribution is 0.218. The maximum absolute atomic E-state index is 8.86. The molecule has 0 bridgehead atoms. The lowest BCUT2D eigenvalue weighted by atomic mass is 9.71. The molecule has 0 aromatic heterocycles. The van der Waals surface area contributed by atoms with Gasteiger partial charge in [0.15, 0.2) is 0 Å². The van der Waals surface area contributed by atoms with Crippen LogP contribution in [0.5, 0.6) is 0 Å². The zero-order valence-corrected chi connectivity index (χ0v) is 9.97. The number of hydrogen-bond acceptors (Lipinski definition) is 2. The second kappa shape index (κ2) is 4.53. The number of allylic oxidation sites excluding steroid dienone is 1. The fraction of sp³-hybridized carbons (Fsp3) is 0.467. The number of nitrogens with one attached hydrogen (secondary N) is 1. The van der Waals surface area contributed by atoms with Gasteiger partial charge in [0.2, 0.25) is 0 Å². The largest absolute Gasteiger partial charge is 0.396 e. The Morgan fingerprint density at radius 3 is 2.76 bits per heavy atom. The maximum Gasteiger partial charge on any atom is 0.0471 e. The first-order chi connectivity index (χ1) is 8.36. The number of fused-ring (bicyclic) bond motifs is 1. The molecule has 0 spiro atoms. The smallest absolute Gasteiger partial charge is 0.0471 e. The Balaban J connectivity index is 1.60. The van der Waals surface area contributed by atoms with Gasteiger partial charge in [0.25, 0.3) is 0 Å². The van der Waals surface area contributed by atoms with E-state index in [0.29, 0.717) is 6.04 Å². The van der Waals surface area contributed by atoms with Crippen LogP contribution >= 0.6 is 0 Å². The normalized spacial score (nSPS) is 29.8. The summed E-state index contributed by atoms with van der Waals surface area (Å²) >= 11 is 0. The highest BCUT2D eigenvalue weighted by atomic mass is 16.2. The summed E-state index contributed by atoms with van der Waals surface area (Å²) in [5, 5.41) is 12.5. The van der Waals surface area contributed by atoms with E-state index in [0.717, 1.165) is 18.3 Å². The highest BCUT2D eigenvalue weighted by Gasteiger charge is 2.40. The van der Waals surface area contributed by atoms with E-state index in [4.69, 9.17) is 5.11 Å². The Morgan fingerprint density at radius 2 is 2.06 bits per heavy atom. The van der Waals surface area contributed by atoms with E-state index in [1.807, 2.05) is 0 Å². The summed E-state index contributed by atoms with van der Waals surface area (Å²) in [4.78, 5) is 0. The lowest BCUT2D eigenvalue weighted by Crippen LogP contribution is -2.43. The highest BCUT2D eigenvalue weighted by molar-refractivity contribution is 5.46. The first kappa shape index (κ1) is 10.8. The molecule has 2 aliphatic rings. The van der Waals surface area contributed by atoms with Gasteiger partial charge < -0.3 is 10.4 Å². The molecule has 1 aromatic rings. The summed E-state index contributed by atoms with van der Waals surface area (Å²) in [6, 6.07) is 9.06. The number of aliphatic hydroxyl groups excluding tert-OH is 1. The van der Waals surface area contributed by atoms with E-state index in [2.05, 4.69) is 41.7 Å². The Morgan fingerprint density at radius 1 is 1.24 bits per heavy atom. The van der Waals surface area contributed by atoms with Crippen molar-refractivity contribution in [3.05, 3.63) is 42.0 Å². The lowest BCUT2D eigenvalue weighted by Gasteiger charge is -2.41. The molecular formula is C15H19NO. The van der Waals surface area contributed by atoms with Crippen LogP contribution in [0.4, 0.5) is 5.69 Å². The third-order valence-corrected chi connectivity index (χ3v) is 4.07. The van der Waals surface area contributed by atoms with E-state index >= 15 is 0 Å². The van der Waals surface area contributed by atoms with Crippen molar-refractivity contribution in [3.63, 3.8) is 0 Å². The summed E-state index contributed by atoms with van der Waals surface area (Å²) in [5.41, 5.74) is 2.40. The molecule has 17 heavy (non-hydrogen) atoms. The molecule has 0 aliphatic heterocycles. The summed E-state index contributed by atoms with van der Waals surface area (Å²) in [5.74, 6) is 1.66. The molecule has 1 aromatic carbocycles. The Labute approximate surface area is 102 Å². The van der Waals surface area contributed by atoms with Crippen molar-refractivity contribution in [2.24, 2.45) is 11.8 Å². The second-order valence-electron chi connectivity index (χ2n) is 5.16. The van der Waals surface area contributed by atoms with Crippen LogP contribution in [0.15, 0.2) is 36.4 Å². The Bertz CT molecular complexity index is 409. The fourth-order valence-electron chi connectivity index (χ4n) is 2.99. The van der Waals surface area contributed by atoms with Crippen molar-refractivity contribution in [2.45, 2.75) is 25.3 Å². The molecule has 3 unspecified atom stereocenters. The van der Waals surface area contributed by atoms with Crippen LogP contribution in [0, 0.1) is 11.8 Å². The van der Waals surface area contributed by atoms with Gasteiger partial charge >= 0.3 is 0 Å². The molecule has 0 radical (unpaired) electrons. The monoisotopic (exact) mass is 229 g/mol. The average Bonchev–Trinajstić information content (AvgIpc) is 2.70. The third kappa shape index (κ3) is 2.09. The van der Waals surface area contributed by atoms with Gasteiger partial charge in [-0.15, -0.1) is 0 Å². The quantitative estimate of drug-likeness (QED) is 0.778. The summed E-state index contributed by atoms with van der Waals surface area (Å²) in [6.45, 7) is 0.226. The van der Waals surface area contributed by atoms with Crippen LogP contribution in [-0.4, -0.2) is 17.8 Å². The van der Waals surface area contributed by atoms with E-state index in [-0.39, 0.29) is 6.61 Å². The van der Waals surface area contributed by atoms with Crippen molar-refractivity contribution in [1.29, 1.82) is 0 Å². The number of aliphatic hydroxyl groups is 1. The number of hydrogen-bond donors (Lipinski definition) is 2. The van der Waals surface area contributed by atoms with Gasteiger partial charge in [-0.2, -0.15) is 0 Å². The van der Waals surface area contributed by atoms with E-state index in [1.165, 1.54) is 24.1 Å². The summed E-state index contributed by atoms with van der Waals surface area (Å²) in [6.07, 6.45) is 8.01. The molecule has 2 nitrogen and oxygen atoms in total.